The van der Waals surface area contributed by atoms with Crippen LogP contribution in [0.15, 0.2) is 37.1 Å². The number of aromatic nitrogens is 5. The van der Waals surface area contributed by atoms with Crippen molar-refractivity contribution in [1.82, 2.24) is 29.7 Å². The van der Waals surface area contributed by atoms with E-state index in [-0.39, 0.29) is 13.2 Å². The summed E-state index contributed by atoms with van der Waals surface area (Å²) in [5, 5.41) is 38.1. The van der Waals surface area contributed by atoms with Crippen LogP contribution in [0.2, 0.25) is 0 Å². The highest BCUT2D eigenvalue weighted by Crippen LogP contribution is 2.41. The molecule has 0 aromatic carbocycles. The fourth-order valence-electron chi connectivity index (χ4n) is 3.70. The molecule has 4 rings (SSSR count). The Labute approximate surface area is 174 Å². The third kappa shape index (κ3) is 4.12. The lowest BCUT2D eigenvalue weighted by Gasteiger charge is -2.14. The number of nitrogens with zero attached hydrogens (tertiary/aromatic N) is 5. The van der Waals surface area contributed by atoms with E-state index in [1.807, 2.05) is 12.3 Å². The molecule has 3 aromatic heterocycles. The molecule has 0 amide bonds. The van der Waals surface area contributed by atoms with Gasteiger partial charge in [-0.1, -0.05) is 6.92 Å². The third-order valence-corrected chi connectivity index (χ3v) is 5.46. The summed E-state index contributed by atoms with van der Waals surface area (Å²) in [6.07, 6.45) is 12.9. The molecule has 1 fully saturated rings. The second kappa shape index (κ2) is 8.76. The summed E-state index contributed by atoms with van der Waals surface area (Å²) < 4.78 is 3.80. The SMILES string of the molecule is CC[C@@H](C1CC1)n1cc(-c2nc(/C(C=N)=C/NCC(O)CO)cn3nccc23)cn1. The first kappa shape index (κ1) is 20.2. The van der Waals surface area contributed by atoms with Gasteiger partial charge in [0.2, 0.25) is 0 Å². The highest BCUT2D eigenvalue weighted by Gasteiger charge is 2.31. The van der Waals surface area contributed by atoms with Crippen molar-refractivity contribution in [2.45, 2.75) is 38.3 Å². The van der Waals surface area contributed by atoms with Gasteiger partial charge in [0.1, 0.15) is 0 Å². The van der Waals surface area contributed by atoms with Crippen molar-refractivity contribution in [2.75, 3.05) is 13.2 Å². The van der Waals surface area contributed by atoms with Gasteiger partial charge in [0.25, 0.3) is 0 Å². The van der Waals surface area contributed by atoms with Crippen LogP contribution in [0.5, 0.6) is 0 Å². The molecule has 3 aromatic rings. The maximum atomic E-state index is 9.49. The van der Waals surface area contributed by atoms with Crippen LogP contribution in [0.1, 0.15) is 37.9 Å². The van der Waals surface area contributed by atoms with Crippen LogP contribution in [0.4, 0.5) is 0 Å². The van der Waals surface area contributed by atoms with Crippen molar-refractivity contribution in [3.8, 4) is 11.3 Å². The number of nitrogens with one attached hydrogen (secondary N) is 2. The van der Waals surface area contributed by atoms with Gasteiger partial charge in [-0.3, -0.25) is 4.68 Å². The Kier molecular flexibility index (Phi) is 5.91. The van der Waals surface area contributed by atoms with Crippen LogP contribution in [-0.2, 0) is 0 Å². The minimum atomic E-state index is -0.867. The Bertz CT molecular complexity index is 1050. The molecule has 1 saturated carbocycles. The smallest absolute Gasteiger partial charge is 0.0999 e. The second-order valence-corrected chi connectivity index (χ2v) is 7.65. The molecule has 0 bridgehead atoms. The van der Waals surface area contributed by atoms with Crippen LogP contribution >= 0.6 is 0 Å². The highest BCUT2D eigenvalue weighted by atomic mass is 16.3. The van der Waals surface area contributed by atoms with Gasteiger partial charge in [-0.25, -0.2) is 9.50 Å². The van der Waals surface area contributed by atoms with E-state index < -0.39 is 6.10 Å². The molecule has 0 aliphatic heterocycles. The molecule has 4 N–H and O–H groups in total. The van der Waals surface area contributed by atoms with Gasteiger partial charge in [0.05, 0.1) is 54.2 Å². The minimum Gasteiger partial charge on any atom is -0.394 e. The predicted octanol–water partition coefficient (Wildman–Crippen LogP) is 1.89. The van der Waals surface area contributed by atoms with Crippen LogP contribution in [0.25, 0.3) is 22.3 Å². The molecule has 3 heterocycles. The third-order valence-electron chi connectivity index (χ3n) is 5.46. The van der Waals surface area contributed by atoms with Crippen molar-refractivity contribution in [3.63, 3.8) is 0 Å². The van der Waals surface area contributed by atoms with Gasteiger partial charge in [-0.15, -0.1) is 0 Å². The Morgan fingerprint density at radius 2 is 2.20 bits per heavy atom. The van der Waals surface area contributed by atoms with Crippen molar-refractivity contribution in [2.24, 2.45) is 5.92 Å². The van der Waals surface area contributed by atoms with Crippen molar-refractivity contribution < 1.29 is 10.2 Å². The standard InChI is InChI=1S/C21H27N7O2/c1-2-19(14-3-4-14)27-11-16(9-25-27)21-20-5-6-24-28(20)12-18(26-21)15(7-22)8-23-10-17(30)13-29/h5-9,11-12,14,17,19,22-23,29-30H,2-4,10,13H2,1H3/b15-8+,22-7?/t17?,19-/m0/s1. The molecule has 1 aliphatic carbocycles. The van der Waals surface area contributed by atoms with Crippen LogP contribution < -0.4 is 5.32 Å². The normalized spacial score (nSPS) is 16.6. The lowest BCUT2D eigenvalue weighted by Crippen LogP contribution is -2.26. The molecule has 158 valence electrons. The topological polar surface area (TPSA) is 124 Å². The first-order chi connectivity index (χ1) is 14.6. The maximum Gasteiger partial charge on any atom is 0.0999 e. The van der Waals surface area contributed by atoms with Crippen molar-refractivity contribution in [3.05, 3.63) is 42.7 Å². The first-order valence-electron chi connectivity index (χ1n) is 10.3. The Morgan fingerprint density at radius 3 is 2.90 bits per heavy atom. The highest BCUT2D eigenvalue weighted by molar-refractivity contribution is 6.07. The van der Waals surface area contributed by atoms with Crippen LogP contribution in [0, 0.1) is 11.3 Å². The van der Waals surface area contributed by atoms with Crippen LogP contribution in [-0.4, -0.2) is 60.1 Å². The zero-order chi connectivity index (χ0) is 21.1. The maximum absolute atomic E-state index is 9.49. The van der Waals surface area contributed by atoms with Gasteiger partial charge in [0, 0.05) is 36.3 Å². The average molecular weight is 409 g/mol. The lowest BCUT2D eigenvalue weighted by atomic mass is 10.1. The molecule has 1 aliphatic rings. The number of fused-ring (bicyclic) bond motifs is 1. The fourth-order valence-corrected chi connectivity index (χ4v) is 3.70. The van der Waals surface area contributed by atoms with E-state index in [0.29, 0.717) is 23.2 Å². The average Bonchev–Trinajstić information content (AvgIpc) is 3.27. The monoisotopic (exact) mass is 409 g/mol. The van der Waals surface area contributed by atoms with Crippen molar-refractivity contribution >= 4 is 17.3 Å². The summed E-state index contributed by atoms with van der Waals surface area (Å²) in [7, 11) is 0. The van der Waals surface area contributed by atoms with Crippen molar-refractivity contribution in [1.29, 1.82) is 5.41 Å². The number of allylic oxidation sites excluding steroid dienone is 1. The summed E-state index contributed by atoms with van der Waals surface area (Å²) >= 11 is 0. The summed E-state index contributed by atoms with van der Waals surface area (Å²) in [6.45, 7) is 2.04. The molecule has 9 nitrogen and oxygen atoms in total. The van der Waals surface area contributed by atoms with Gasteiger partial charge in [0.15, 0.2) is 0 Å². The fraction of sp³-hybridized carbons (Fsp3) is 0.429. The molecule has 1 unspecified atom stereocenters. The summed E-state index contributed by atoms with van der Waals surface area (Å²) in [5.74, 6) is 0.713. The lowest BCUT2D eigenvalue weighted by molar-refractivity contribution is 0.0972. The molecule has 2 atom stereocenters. The van der Waals surface area contributed by atoms with E-state index in [0.717, 1.165) is 23.2 Å². The van der Waals surface area contributed by atoms with E-state index in [1.165, 1.54) is 19.1 Å². The number of hydrogen-bond acceptors (Lipinski definition) is 7. The molecule has 0 radical (unpaired) electrons. The zero-order valence-electron chi connectivity index (χ0n) is 16.9. The quantitative estimate of drug-likeness (QED) is 0.379. The summed E-state index contributed by atoms with van der Waals surface area (Å²) in [6, 6.07) is 2.33. The molecule has 30 heavy (non-hydrogen) atoms. The van der Waals surface area contributed by atoms with E-state index in [9.17, 15) is 5.11 Å². The van der Waals surface area contributed by atoms with E-state index >= 15 is 0 Å². The molecular formula is C21H27N7O2. The zero-order valence-corrected chi connectivity index (χ0v) is 16.9. The number of aliphatic hydroxyl groups excluding tert-OH is 2. The Hall–Kier alpha value is -3.04. The summed E-state index contributed by atoms with van der Waals surface area (Å²) in [4.78, 5) is 4.81. The van der Waals surface area contributed by atoms with Gasteiger partial charge in [-0.05, 0) is 31.2 Å². The van der Waals surface area contributed by atoms with E-state index in [1.54, 1.807) is 23.1 Å². The molecule has 9 heteroatoms. The van der Waals surface area contributed by atoms with Gasteiger partial charge in [-0.2, -0.15) is 10.2 Å². The predicted molar refractivity (Wildman–Crippen MR) is 114 cm³/mol. The minimum absolute atomic E-state index is 0.178. The Balaban J connectivity index is 1.69. The Morgan fingerprint density at radius 1 is 1.37 bits per heavy atom. The second-order valence-electron chi connectivity index (χ2n) is 7.65. The van der Waals surface area contributed by atoms with Crippen LogP contribution in [0.3, 0.4) is 0 Å². The number of rotatable bonds is 10. The molecule has 0 spiro atoms. The van der Waals surface area contributed by atoms with Gasteiger partial charge < -0.3 is 20.9 Å². The molecular weight excluding hydrogens is 382 g/mol. The van der Waals surface area contributed by atoms with E-state index in [2.05, 4.69) is 33.3 Å². The van der Waals surface area contributed by atoms with E-state index in [4.69, 9.17) is 15.5 Å². The largest absolute Gasteiger partial charge is 0.394 e. The number of aliphatic hydroxyl groups is 2. The molecule has 0 saturated heterocycles. The summed E-state index contributed by atoms with van der Waals surface area (Å²) in [5.41, 5.74) is 3.64. The number of hydrogen-bond donors (Lipinski definition) is 4. The van der Waals surface area contributed by atoms with Gasteiger partial charge >= 0.3 is 0 Å². The first-order valence-corrected chi connectivity index (χ1v) is 10.3.